The van der Waals surface area contributed by atoms with Crippen LogP contribution in [0.4, 0.5) is 5.69 Å². The average Bonchev–Trinajstić information content (AvgIpc) is 2.39. The lowest BCUT2D eigenvalue weighted by Gasteiger charge is -2.36. The van der Waals surface area contributed by atoms with Gasteiger partial charge in [0.05, 0.1) is 6.10 Å². The van der Waals surface area contributed by atoms with Gasteiger partial charge in [0.2, 0.25) is 0 Å². The monoisotopic (exact) mass is 247 g/mol. The Kier molecular flexibility index (Phi) is 4.28. The maximum atomic E-state index is 9.85. The number of hydrogen-bond donors (Lipinski definition) is 1. The van der Waals surface area contributed by atoms with E-state index in [1.165, 1.54) is 18.5 Å². The van der Waals surface area contributed by atoms with Gasteiger partial charge in [-0.3, -0.25) is 0 Å². The largest absolute Gasteiger partial charge is 0.389 e. The van der Waals surface area contributed by atoms with Crippen molar-refractivity contribution >= 4 is 5.69 Å². The van der Waals surface area contributed by atoms with Gasteiger partial charge in [-0.2, -0.15) is 0 Å². The van der Waals surface area contributed by atoms with Crippen molar-refractivity contribution in [3.8, 4) is 0 Å². The van der Waals surface area contributed by atoms with Crippen molar-refractivity contribution in [2.75, 3.05) is 18.0 Å². The minimum Gasteiger partial charge on any atom is -0.389 e. The van der Waals surface area contributed by atoms with Crippen LogP contribution in [0, 0.1) is 11.8 Å². The molecule has 1 fully saturated rings. The number of aliphatic hydroxyl groups is 1. The predicted octanol–water partition coefficient (Wildman–Crippen LogP) is 3.61. The summed E-state index contributed by atoms with van der Waals surface area (Å²) in [6, 6.07) is 8.24. The molecular formula is C16H25NO. The maximum Gasteiger partial charge on any atom is 0.0781 e. The number of rotatable bonds is 3. The molecule has 1 heterocycles. The Balaban J connectivity index is 2.10. The zero-order valence-corrected chi connectivity index (χ0v) is 11.8. The third kappa shape index (κ3) is 2.86. The highest BCUT2D eigenvalue weighted by molar-refractivity contribution is 5.54. The van der Waals surface area contributed by atoms with Crippen molar-refractivity contribution in [2.24, 2.45) is 11.8 Å². The van der Waals surface area contributed by atoms with Gasteiger partial charge in [-0.25, -0.2) is 0 Å². The Morgan fingerprint density at radius 3 is 2.28 bits per heavy atom. The zero-order chi connectivity index (χ0) is 13.1. The number of anilines is 1. The van der Waals surface area contributed by atoms with E-state index in [1.807, 2.05) is 19.1 Å². The highest BCUT2D eigenvalue weighted by Gasteiger charge is 2.23. The second-order valence-corrected chi connectivity index (χ2v) is 5.80. The number of para-hydroxylation sites is 1. The Morgan fingerprint density at radius 2 is 1.72 bits per heavy atom. The van der Waals surface area contributed by atoms with Crippen molar-refractivity contribution in [2.45, 2.75) is 39.7 Å². The summed E-state index contributed by atoms with van der Waals surface area (Å²) in [6.07, 6.45) is 2.15. The molecule has 2 heteroatoms. The summed E-state index contributed by atoms with van der Waals surface area (Å²) >= 11 is 0. The SMILES string of the molecule is CC(C)C1CCN(c2ccccc2[C@@H](C)O)CC1. The Bertz CT molecular complexity index is 378. The van der Waals surface area contributed by atoms with Crippen LogP contribution in [0.15, 0.2) is 24.3 Å². The summed E-state index contributed by atoms with van der Waals surface area (Å²) in [5.41, 5.74) is 2.27. The van der Waals surface area contributed by atoms with Gasteiger partial charge in [0.15, 0.2) is 0 Å². The summed E-state index contributed by atoms with van der Waals surface area (Å²) in [5.74, 6) is 1.65. The molecule has 0 spiro atoms. The molecule has 0 saturated carbocycles. The van der Waals surface area contributed by atoms with Crippen LogP contribution in [0.5, 0.6) is 0 Å². The standard InChI is InChI=1S/C16H25NO/c1-12(2)14-8-10-17(11-9-14)16-7-5-4-6-15(16)13(3)18/h4-7,12-14,18H,8-11H2,1-3H3/t13-/m1/s1. The van der Waals surface area contributed by atoms with Crippen LogP contribution in [0.1, 0.15) is 45.3 Å². The minimum atomic E-state index is -0.385. The van der Waals surface area contributed by atoms with Crippen molar-refractivity contribution in [1.82, 2.24) is 0 Å². The molecule has 1 aliphatic heterocycles. The molecule has 0 unspecified atom stereocenters. The van der Waals surface area contributed by atoms with E-state index in [9.17, 15) is 5.11 Å². The number of nitrogens with zero attached hydrogens (tertiary/aromatic N) is 1. The lowest BCUT2D eigenvalue weighted by atomic mass is 9.86. The first-order valence-electron chi connectivity index (χ1n) is 7.11. The molecule has 1 aromatic carbocycles. The summed E-state index contributed by atoms with van der Waals surface area (Å²) in [6.45, 7) is 8.73. The van der Waals surface area contributed by atoms with E-state index in [1.54, 1.807) is 0 Å². The van der Waals surface area contributed by atoms with Gasteiger partial charge >= 0.3 is 0 Å². The van der Waals surface area contributed by atoms with Gasteiger partial charge in [0.25, 0.3) is 0 Å². The van der Waals surface area contributed by atoms with Gasteiger partial charge in [0, 0.05) is 24.3 Å². The first kappa shape index (κ1) is 13.4. The summed E-state index contributed by atoms with van der Waals surface area (Å²) in [4.78, 5) is 2.43. The molecule has 1 aliphatic rings. The molecule has 2 nitrogen and oxygen atoms in total. The summed E-state index contributed by atoms with van der Waals surface area (Å²) < 4.78 is 0. The topological polar surface area (TPSA) is 23.5 Å². The van der Waals surface area contributed by atoms with E-state index in [2.05, 4.69) is 30.9 Å². The zero-order valence-electron chi connectivity index (χ0n) is 11.8. The van der Waals surface area contributed by atoms with E-state index in [0.717, 1.165) is 30.5 Å². The predicted molar refractivity (Wildman–Crippen MR) is 76.9 cm³/mol. The maximum absolute atomic E-state index is 9.85. The van der Waals surface area contributed by atoms with Crippen LogP contribution in [-0.2, 0) is 0 Å². The van der Waals surface area contributed by atoms with Crippen molar-refractivity contribution < 1.29 is 5.11 Å². The van der Waals surface area contributed by atoms with Crippen molar-refractivity contribution in [1.29, 1.82) is 0 Å². The third-order valence-corrected chi connectivity index (χ3v) is 4.21. The Labute approximate surface area is 111 Å². The van der Waals surface area contributed by atoms with Gasteiger partial charge in [-0.1, -0.05) is 32.0 Å². The number of piperidine rings is 1. The van der Waals surface area contributed by atoms with E-state index in [4.69, 9.17) is 0 Å². The minimum absolute atomic E-state index is 0.385. The molecule has 1 atom stereocenters. The molecule has 0 bridgehead atoms. The van der Waals surface area contributed by atoms with Crippen LogP contribution in [-0.4, -0.2) is 18.2 Å². The first-order valence-corrected chi connectivity index (χ1v) is 7.11. The van der Waals surface area contributed by atoms with E-state index in [-0.39, 0.29) is 6.10 Å². The smallest absolute Gasteiger partial charge is 0.0781 e. The molecule has 0 amide bonds. The second kappa shape index (κ2) is 5.75. The highest BCUT2D eigenvalue weighted by Crippen LogP contribution is 2.31. The molecule has 18 heavy (non-hydrogen) atoms. The molecule has 0 radical (unpaired) electrons. The fourth-order valence-corrected chi connectivity index (χ4v) is 2.94. The number of hydrogen-bond acceptors (Lipinski definition) is 2. The lowest BCUT2D eigenvalue weighted by Crippen LogP contribution is -2.35. The second-order valence-electron chi connectivity index (χ2n) is 5.80. The Morgan fingerprint density at radius 1 is 1.11 bits per heavy atom. The normalized spacial score (nSPS) is 19.3. The molecule has 1 aromatic rings. The van der Waals surface area contributed by atoms with Gasteiger partial charge in [-0.05, 0) is 37.7 Å². The van der Waals surface area contributed by atoms with E-state index < -0.39 is 0 Å². The fourth-order valence-electron chi connectivity index (χ4n) is 2.94. The number of benzene rings is 1. The van der Waals surface area contributed by atoms with Crippen molar-refractivity contribution in [3.05, 3.63) is 29.8 Å². The van der Waals surface area contributed by atoms with Gasteiger partial charge in [-0.15, -0.1) is 0 Å². The third-order valence-electron chi connectivity index (χ3n) is 4.21. The molecule has 0 aromatic heterocycles. The number of aliphatic hydroxyl groups excluding tert-OH is 1. The van der Waals surface area contributed by atoms with Crippen molar-refractivity contribution in [3.63, 3.8) is 0 Å². The van der Waals surface area contributed by atoms with Gasteiger partial charge < -0.3 is 10.0 Å². The molecule has 1 N–H and O–H groups in total. The Hall–Kier alpha value is -1.02. The fraction of sp³-hybridized carbons (Fsp3) is 0.625. The van der Waals surface area contributed by atoms with E-state index >= 15 is 0 Å². The summed E-state index contributed by atoms with van der Waals surface area (Å²) in [5, 5.41) is 9.85. The quantitative estimate of drug-likeness (QED) is 0.882. The highest BCUT2D eigenvalue weighted by atomic mass is 16.3. The lowest BCUT2D eigenvalue weighted by molar-refractivity contribution is 0.199. The molecule has 1 saturated heterocycles. The van der Waals surface area contributed by atoms with Crippen LogP contribution in [0.25, 0.3) is 0 Å². The molecular weight excluding hydrogens is 222 g/mol. The van der Waals surface area contributed by atoms with Crippen LogP contribution < -0.4 is 4.90 Å². The first-order chi connectivity index (χ1) is 8.59. The molecule has 100 valence electrons. The van der Waals surface area contributed by atoms with Gasteiger partial charge in [0.1, 0.15) is 0 Å². The average molecular weight is 247 g/mol. The van der Waals surface area contributed by atoms with Crippen LogP contribution in [0.2, 0.25) is 0 Å². The molecule has 0 aliphatic carbocycles. The molecule has 2 rings (SSSR count). The summed E-state index contributed by atoms with van der Waals surface area (Å²) in [7, 11) is 0. The van der Waals surface area contributed by atoms with Crippen LogP contribution >= 0.6 is 0 Å². The van der Waals surface area contributed by atoms with Crippen LogP contribution in [0.3, 0.4) is 0 Å². The van der Waals surface area contributed by atoms with E-state index in [0.29, 0.717) is 0 Å².